The van der Waals surface area contributed by atoms with Gasteiger partial charge in [-0.15, -0.1) is 0 Å². The Balaban J connectivity index is 1.71. The standard InChI is InChI=1S/C23H22INO4S/c1-3-12-29-21-18(24)13-17(14-19(21)28-2)15-20-22(26)25(23(27)30-20)11-7-10-16-8-5-4-6-9-16/h3-6,8-9,13-15H,1,7,10-12H2,2H3/b20-15-. The van der Waals surface area contributed by atoms with Gasteiger partial charge in [-0.05, 0) is 76.5 Å². The number of nitrogens with zero attached hydrogens (tertiary/aromatic N) is 1. The van der Waals surface area contributed by atoms with Crippen molar-refractivity contribution in [1.29, 1.82) is 0 Å². The van der Waals surface area contributed by atoms with Gasteiger partial charge in [0.2, 0.25) is 0 Å². The minimum atomic E-state index is -0.251. The summed E-state index contributed by atoms with van der Waals surface area (Å²) in [6, 6.07) is 13.7. The number of methoxy groups -OCH3 is 1. The molecule has 0 aliphatic carbocycles. The molecule has 0 saturated carbocycles. The van der Waals surface area contributed by atoms with E-state index >= 15 is 0 Å². The smallest absolute Gasteiger partial charge is 0.293 e. The van der Waals surface area contributed by atoms with E-state index in [-0.39, 0.29) is 11.1 Å². The quantitative estimate of drug-likeness (QED) is 0.240. The van der Waals surface area contributed by atoms with Crippen LogP contribution < -0.4 is 9.47 Å². The molecule has 0 N–H and O–H groups in total. The van der Waals surface area contributed by atoms with Gasteiger partial charge < -0.3 is 9.47 Å². The molecule has 2 aromatic rings. The van der Waals surface area contributed by atoms with Gasteiger partial charge in [0, 0.05) is 6.54 Å². The van der Waals surface area contributed by atoms with E-state index < -0.39 is 0 Å². The Kier molecular flexibility index (Phi) is 7.98. The van der Waals surface area contributed by atoms with Crippen LogP contribution in [0.15, 0.2) is 60.0 Å². The molecule has 0 unspecified atom stereocenters. The molecule has 0 spiro atoms. The molecular formula is C23H22INO4S. The van der Waals surface area contributed by atoms with Gasteiger partial charge in [-0.25, -0.2) is 0 Å². The van der Waals surface area contributed by atoms with E-state index in [1.54, 1.807) is 25.3 Å². The molecule has 1 saturated heterocycles. The Hall–Kier alpha value is -2.26. The number of aryl methyl sites for hydroxylation is 1. The molecule has 156 valence electrons. The summed E-state index contributed by atoms with van der Waals surface area (Å²) in [6.45, 7) is 4.43. The van der Waals surface area contributed by atoms with Crippen LogP contribution in [0.5, 0.6) is 11.5 Å². The zero-order chi connectivity index (χ0) is 21.5. The topological polar surface area (TPSA) is 55.8 Å². The number of hydrogen-bond acceptors (Lipinski definition) is 5. The highest BCUT2D eigenvalue weighted by Gasteiger charge is 2.34. The number of benzene rings is 2. The number of carbonyl (C=O) groups excluding carboxylic acids is 2. The van der Waals surface area contributed by atoms with Crippen molar-refractivity contribution in [3.05, 3.63) is 74.7 Å². The van der Waals surface area contributed by atoms with Crippen LogP contribution in [0.4, 0.5) is 4.79 Å². The summed E-state index contributed by atoms with van der Waals surface area (Å²) in [4.78, 5) is 26.9. The lowest BCUT2D eigenvalue weighted by Crippen LogP contribution is -2.29. The molecule has 2 aromatic carbocycles. The van der Waals surface area contributed by atoms with Gasteiger partial charge in [-0.3, -0.25) is 14.5 Å². The van der Waals surface area contributed by atoms with Gasteiger partial charge >= 0.3 is 0 Å². The predicted molar refractivity (Wildman–Crippen MR) is 129 cm³/mol. The van der Waals surface area contributed by atoms with Crippen LogP contribution in [-0.2, 0) is 11.2 Å². The molecule has 5 nitrogen and oxygen atoms in total. The van der Waals surface area contributed by atoms with Crippen molar-refractivity contribution in [2.75, 3.05) is 20.3 Å². The second-order valence-electron chi connectivity index (χ2n) is 6.56. The summed E-state index contributed by atoms with van der Waals surface area (Å²) in [5, 5.41) is -0.230. The molecule has 0 atom stereocenters. The first-order chi connectivity index (χ1) is 14.5. The van der Waals surface area contributed by atoms with Crippen LogP contribution in [0.2, 0.25) is 0 Å². The fourth-order valence-electron chi connectivity index (χ4n) is 3.04. The highest BCUT2D eigenvalue weighted by molar-refractivity contribution is 14.1. The Morgan fingerprint density at radius 1 is 1.20 bits per heavy atom. The van der Waals surface area contributed by atoms with Crippen LogP contribution in [-0.4, -0.2) is 36.3 Å². The summed E-state index contributed by atoms with van der Waals surface area (Å²) < 4.78 is 11.9. The zero-order valence-electron chi connectivity index (χ0n) is 16.6. The first-order valence-corrected chi connectivity index (χ1v) is 11.3. The maximum atomic E-state index is 12.8. The number of thioether (sulfide) groups is 1. The Bertz CT molecular complexity index is 975. The van der Waals surface area contributed by atoms with E-state index in [2.05, 4.69) is 29.2 Å². The van der Waals surface area contributed by atoms with Gasteiger partial charge in [0.05, 0.1) is 15.6 Å². The summed E-state index contributed by atoms with van der Waals surface area (Å²) in [6.07, 6.45) is 4.95. The predicted octanol–water partition coefficient (Wildman–Crippen LogP) is 5.53. The fraction of sp³-hybridized carbons (Fsp3) is 0.217. The van der Waals surface area contributed by atoms with Crippen molar-refractivity contribution in [2.45, 2.75) is 12.8 Å². The lowest BCUT2D eigenvalue weighted by Gasteiger charge is -2.13. The number of ether oxygens (including phenoxy) is 2. The first-order valence-electron chi connectivity index (χ1n) is 9.44. The molecule has 30 heavy (non-hydrogen) atoms. The largest absolute Gasteiger partial charge is 0.493 e. The molecule has 1 aliphatic rings. The normalized spacial score (nSPS) is 15.0. The van der Waals surface area contributed by atoms with Gasteiger partial charge in [0.25, 0.3) is 11.1 Å². The van der Waals surface area contributed by atoms with Gasteiger partial charge in [-0.2, -0.15) is 0 Å². The fourth-order valence-corrected chi connectivity index (χ4v) is 4.68. The van der Waals surface area contributed by atoms with Gasteiger partial charge in [0.1, 0.15) is 6.61 Å². The molecule has 7 heteroatoms. The molecule has 3 rings (SSSR count). The Morgan fingerprint density at radius 3 is 2.67 bits per heavy atom. The van der Waals surface area contributed by atoms with E-state index in [9.17, 15) is 9.59 Å². The number of hydrogen-bond donors (Lipinski definition) is 0. The SMILES string of the molecule is C=CCOc1c(I)cc(/C=C2\SC(=O)N(CCCc3ccccc3)C2=O)cc1OC. The highest BCUT2D eigenvalue weighted by atomic mass is 127. The maximum absolute atomic E-state index is 12.8. The highest BCUT2D eigenvalue weighted by Crippen LogP contribution is 2.37. The van der Waals surface area contributed by atoms with Gasteiger partial charge in [-0.1, -0.05) is 43.0 Å². The number of carbonyl (C=O) groups is 2. The lowest BCUT2D eigenvalue weighted by atomic mass is 10.1. The molecule has 1 heterocycles. The molecule has 0 radical (unpaired) electrons. The Labute approximate surface area is 194 Å². The minimum absolute atomic E-state index is 0.230. The third-order valence-electron chi connectivity index (χ3n) is 4.46. The van der Waals surface area contributed by atoms with E-state index in [0.29, 0.717) is 29.6 Å². The monoisotopic (exact) mass is 535 g/mol. The maximum Gasteiger partial charge on any atom is 0.293 e. The third-order valence-corrected chi connectivity index (χ3v) is 6.17. The van der Waals surface area contributed by atoms with Crippen molar-refractivity contribution >= 4 is 51.6 Å². The summed E-state index contributed by atoms with van der Waals surface area (Å²) >= 11 is 3.13. The number of imide groups is 1. The van der Waals surface area contributed by atoms with E-state index in [0.717, 1.165) is 33.7 Å². The zero-order valence-corrected chi connectivity index (χ0v) is 19.6. The van der Waals surface area contributed by atoms with Crippen molar-refractivity contribution in [2.24, 2.45) is 0 Å². The number of rotatable bonds is 9. The number of halogens is 1. The molecule has 1 aliphatic heterocycles. The lowest BCUT2D eigenvalue weighted by molar-refractivity contribution is -0.122. The molecule has 1 fully saturated rings. The summed E-state index contributed by atoms with van der Waals surface area (Å²) in [5.41, 5.74) is 1.97. The third kappa shape index (κ3) is 5.46. The number of amides is 2. The Morgan fingerprint density at radius 2 is 1.97 bits per heavy atom. The average molecular weight is 535 g/mol. The van der Waals surface area contributed by atoms with Crippen LogP contribution in [0.25, 0.3) is 6.08 Å². The van der Waals surface area contributed by atoms with E-state index in [1.807, 2.05) is 36.4 Å². The van der Waals surface area contributed by atoms with Crippen molar-refractivity contribution < 1.29 is 19.1 Å². The van der Waals surface area contributed by atoms with E-state index in [4.69, 9.17) is 9.47 Å². The van der Waals surface area contributed by atoms with E-state index in [1.165, 1.54) is 10.5 Å². The van der Waals surface area contributed by atoms with Crippen LogP contribution in [0.3, 0.4) is 0 Å². The second-order valence-corrected chi connectivity index (χ2v) is 8.71. The molecule has 0 bridgehead atoms. The van der Waals surface area contributed by atoms with Crippen LogP contribution in [0, 0.1) is 3.57 Å². The van der Waals surface area contributed by atoms with Crippen LogP contribution >= 0.6 is 34.4 Å². The summed E-state index contributed by atoms with van der Waals surface area (Å²) in [7, 11) is 1.57. The van der Waals surface area contributed by atoms with Crippen molar-refractivity contribution in [3.8, 4) is 11.5 Å². The van der Waals surface area contributed by atoms with Crippen molar-refractivity contribution in [1.82, 2.24) is 4.90 Å². The molecule has 2 amide bonds. The first kappa shape index (κ1) is 22.4. The molecular weight excluding hydrogens is 513 g/mol. The minimum Gasteiger partial charge on any atom is -0.493 e. The average Bonchev–Trinajstić information content (AvgIpc) is 3.00. The van der Waals surface area contributed by atoms with Crippen molar-refractivity contribution in [3.63, 3.8) is 0 Å². The second kappa shape index (κ2) is 10.7. The summed E-state index contributed by atoms with van der Waals surface area (Å²) in [5.74, 6) is 0.945. The van der Waals surface area contributed by atoms with Gasteiger partial charge in [0.15, 0.2) is 11.5 Å². The van der Waals surface area contributed by atoms with Crippen LogP contribution in [0.1, 0.15) is 17.5 Å². The molecule has 0 aromatic heterocycles.